The predicted octanol–water partition coefficient (Wildman–Crippen LogP) is 2.78. The predicted molar refractivity (Wildman–Crippen MR) is 57.1 cm³/mol. The molecule has 0 saturated heterocycles. The molecule has 0 spiro atoms. The van der Waals surface area contributed by atoms with Crippen LogP contribution in [0.2, 0.25) is 0 Å². The normalized spacial score (nSPS) is 16.5. The molecular weight excluding hydrogens is 180 g/mol. The van der Waals surface area contributed by atoms with Gasteiger partial charge in [-0.25, -0.2) is 0 Å². The van der Waals surface area contributed by atoms with Crippen molar-refractivity contribution in [2.75, 3.05) is 5.75 Å². The summed E-state index contributed by atoms with van der Waals surface area (Å²) in [7, 11) is 0. The highest BCUT2D eigenvalue weighted by Crippen LogP contribution is 2.34. The summed E-state index contributed by atoms with van der Waals surface area (Å²) in [6.07, 6.45) is 4.84. The smallest absolute Gasteiger partial charge is 0.0752 e. The summed E-state index contributed by atoms with van der Waals surface area (Å²) in [6.45, 7) is 4.36. The molecule has 1 saturated carbocycles. The Kier molecular flexibility index (Phi) is 2.63. The van der Waals surface area contributed by atoms with E-state index in [9.17, 15) is 0 Å². The maximum absolute atomic E-state index is 4.61. The van der Waals surface area contributed by atoms with Crippen molar-refractivity contribution in [1.82, 2.24) is 9.78 Å². The zero-order valence-corrected chi connectivity index (χ0v) is 9.10. The van der Waals surface area contributed by atoms with Crippen LogP contribution in [0.1, 0.15) is 37.1 Å². The summed E-state index contributed by atoms with van der Waals surface area (Å²) < 4.78 is 2.15. The average Bonchev–Trinajstić information content (AvgIpc) is 2.89. The van der Waals surface area contributed by atoms with E-state index in [1.54, 1.807) is 0 Å². The third-order valence-corrected chi connectivity index (χ3v) is 3.27. The highest BCUT2D eigenvalue weighted by Gasteiger charge is 2.24. The first-order chi connectivity index (χ1) is 6.31. The number of aryl methyl sites for hydroxylation is 1. The minimum Gasteiger partial charge on any atom is -0.269 e. The molecule has 1 aromatic rings. The highest BCUT2D eigenvalue weighted by atomic mass is 32.2. The van der Waals surface area contributed by atoms with Gasteiger partial charge in [-0.3, -0.25) is 4.68 Å². The molecule has 0 bridgehead atoms. The molecule has 3 heteroatoms. The molecule has 2 nitrogen and oxygen atoms in total. The van der Waals surface area contributed by atoms with Crippen molar-refractivity contribution in [1.29, 1.82) is 0 Å². The molecule has 1 aliphatic rings. The molecule has 1 aromatic heterocycles. The summed E-state index contributed by atoms with van der Waals surface area (Å²) in [5.41, 5.74) is 2.63. The summed E-state index contributed by atoms with van der Waals surface area (Å²) in [6, 6.07) is 0.721. The second-order valence-electron chi connectivity index (χ2n) is 3.61. The molecule has 0 radical (unpaired) electrons. The van der Waals surface area contributed by atoms with Crippen LogP contribution >= 0.6 is 11.8 Å². The first kappa shape index (κ1) is 9.13. The summed E-state index contributed by atoms with van der Waals surface area (Å²) in [5, 5.41) is 4.61. The van der Waals surface area contributed by atoms with E-state index in [2.05, 4.69) is 29.8 Å². The van der Waals surface area contributed by atoms with Gasteiger partial charge in [0.25, 0.3) is 0 Å². The van der Waals surface area contributed by atoms with Crippen LogP contribution in [0.5, 0.6) is 0 Å². The molecule has 1 aliphatic carbocycles. The topological polar surface area (TPSA) is 17.8 Å². The van der Waals surface area contributed by atoms with Crippen LogP contribution in [0.15, 0.2) is 6.20 Å². The van der Waals surface area contributed by atoms with E-state index in [1.165, 1.54) is 29.9 Å². The van der Waals surface area contributed by atoms with E-state index in [0.717, 1.165) is 11.8 Å². The van der Waals surface area contributed by atoms with E-state index in [-0.39, 0.29) is 0 Å². The lowest BCUT2D eigenvalue weighted by molar-refractivity contribution is 0.634. The maximum Gasteiger partial charge on any atom is 0.0752 e. The summed E-state index contributed by atoms with van der Waals surface area (Å²) in [5.74, 6) is 2.25. The molecule has 0 amide bonds. The largest absolute Gasteiger partial charge is 0.269 e. The molecular formula is C10H16N2S. The van der Waals surface area contributed by atoms with Crippen LogP contribution in [0.4, 0.5) is 0 Å². The first-order valence-corrected chi connectivity index (χ1v) is 6.09. The fraction of sp³-hybridized carbons (Fsp3) is 0.700. The van der Waals surface area contributed by atoms with E-state index >= 15 is 0 Å². The fourth-order valence-electron chi connectivity index (χ4n) is 1.39. The van der Waals surface area contributed by atoms with E-state index in [4.69, 9.17) is 0 Å². The van der Waals surface area contributed by atoms with Crippen molar-refractivity contribution in [3.8, 4) is 0 Å². The molecule has 0 aliphatic heterocycles. The molecule has 2 rings (SSSR count). The SMILES string of the molecule is CCSCc1nn(C2CC2)cc1C. The lowest BCUT2D eigenvalue weighted by Crippen LogP contribution is -1.94. The van der Waals surface area contributed by atoms with Crippen molar-refractivity contribution in [3.05, 3.63) is 17.5 Å². The van der Waals surface area contributed by atoms with Crippen molar-refractivity contribution in [2.24, 2.45) is 0 Å². The summed E-state index contributed by atoms with van der Waals surface area (Å²) in [4.78, 5) is 0. The van der Waals surface area contributed by atoms with Crippen molar-refractivity contribution in [2.45, 2.75) is 38.5 Å². The Balaban J connectivity index is 2.06. The van der Waals surface area contributed by atoms with Crippen LogP contribution in [0.3, 0.4) is 0 Å². The lowest BCUT2D eigenvalue weighted by atomic mass is 10.3. The van der Waals surface area contributed by atoms with Crippen LogP contribution < -0.4 is 0 Å². The van der Waals surface area contributed by atoms with Gasteiger partial charge < -0.3 is 0 Å². The molecule has 0 atom stereocenters. The Labute approximate surface area is 83.7 Å². The van der Waals surface area contributed by atoms with Gasteiger partial charge in [0.2, 0.25) is 0 Å². The number of rotatable bonds is 4. The summed E-state index contributed by atoms with van der Waals surface area (Å²) >= 11 is 1.94. The second kappa shape index (κ2) is 3.74. The quantitative estimate of drug-likeness (QED) is 0.737. The van der Waals surface area contributed by atoms with Gasteiger partial charge in [-0.05, 0) is 31.1 Å². The van der Waals surface area contributed by atoms with Gasteiger partial charge in [0.1, 0.15) is 0 Å². The highest BCUT2D eigenvalue weighted by molar-refractivity contribution is 7.98. The lowest BCUT2D eigenvalue weighted by Gasteiger charge is -1.96. The Bertz CT molecular complexity index is 289. The third kappa shape index (κ3) is 2.08. The molecule has 0 unspecified atom stereocenters. The van der Waals surface area contributed by atoms with Crippen molar-refractivity contribution in [3.63, 3.8) is 0 Å². The van der Waals surface area contributed by atoms with Gasteiger partial charge in [0.15, 0.2) is 0 Å². The van der Waals surface area contributed by atoms with Crippen molar-refractivity contribution < 1.29 is 0 Å². The van der Waals surface area contributed by atoms with Gasteiger partial charge in [-0.2, -0.15) is 16.9 Å². The van der Waals surface area contributed by atoms with Gasteiger partial charge in [0, 0.05) is 11.9 Å². The van der Waals surface area contributed by atoms with E-state index in [1.807, 2.05) is 11.8 Å². The molecule has 72 valence electrons. The zero-order valence-electron chi connectivity index (χ0n) is 8.29. The van der Waals surface area contributed by atoms with Crippen molar-refractivity contribution >= 4 is 11.8 Å². The second-order valence-corrected chi connectivity index (χ2v) is 4.88. The molecule has 0 N–H and O–H groups in total. The van der Waals surface area contributed by atoms with Crippen LogP contribution in [0, 0.1) is 6.92 Å². The first-order valence-electron chi connectivity index (χ1n) is 4.93. The number of hydrogen-bond acceptors (Lipinski definition) is 2. The van der Waals surface area contributed by atoms with E-state index in [0.29, 0.717) is 0 Å². The number of hydrogen-bond donors (Lipinski definition) is 0. The van der Waals surface area contributed by atoms with Gasteiger partial charge in [-0.1, -0.05) is 6.92 Å². The van der Waals surface area contributed by atoms with Gasteiger partial charge in [-0.15, -0.1) is 0 Å². The number of nitrogens with zero attached hydrogens (tertiary/aromatic N) is 2. The fourth-order valence-corrected chi connectivity index (χ4v) is 2.07. The standard InChI is InChI=1S/C10H16N2S/c1-3-13-7-10-8(2)6-12(11-10)9-4-5-9/h6,9H,3-5,7H2,1-2H3. The number of aromatic nitrogens is 2. The Morgan fingerprint density at radius 2 is 2.38 bits per heavy atom. The third-order valence-electron chi connectivity index (χ3n) is 2.38. The Morgan fingerprint density at radius 1 is 1.62 bits per heavy atom. The van der Waals surface area contributed by atoms with Gasteiger partial charge >= 0.3 is 0 Å². The molecule has 0 aromatic carbocycles. The molecule has 1 heterocycles. The van der Waals surface area contributed by atoms with Crippen LogP contribution in [-0.2, 0) is 5.75 Å². The average molecular weight is 196 g/mol. The molecule has 13 heavy (non-hydrogen) atoms. The van der Waals surface area contributed by atoms with E-state index < -0.39 is 0 Å². The monoisotopic (exact) mass is 196 g/mol. The number of thioether (sulfide) groups is 1. The van der Waals surface area contributed by atoms with Crippen LogP contribution in [-0.4, -0.2) is 15.5 Å². The minimum absolute atomic E-state index is 0.721. The van der Waals surface area contributed by atoms with Crippen LogP contribution in [0.25, 0.3) is 0 Å². The Morgan fingerprint density at radius 3 is 3.00 bits per heavy atom. The van der Waals surface area contributed by atoms with Gasteiger partial charge in [0.05, 0.1) is 11.7 Å². The maximum atomic E-state index is 4.61. The molecule has 1 fully saturated rings. The minimum atomic E-state index is 0.721. The zero-order chi connectivity index (χ0) is 9.26. The Hall–Kier alpha value is -0.440.